The zero-order valence-electron chi connectivity index (χ0n) is 7.62. The summed E-state index contributed by atoms with van der Waals surface area (Å²) in [5.41, 5.74) is -0.581. The Morgan fingerprint density at radius 2 is 2.31 bits per heavy atom. The van der Waals surface area contributed by atoms with E-state index in [1.165, 1.54) is 7.11 Å². The van der Waals surface area contributed by atoms with Gasteiger partial charge in [0.25, 0.3) is 10.1 Å². The molecule has 0 aromatic heterocycles. The third-order valence-electron chi connectivity index (χ3n) is 2.21. The normalized spacial score (nSPS) is 29.4. The van der Waals surface area contributed by atoms with Crippen molar-refractivity contribution in [2.24, 2.45) is 0 Å². The van der Waals surface area contributed by atoms with Gasteiger partial charge in [0.2, 0.25) is 0 Å². The molecule has 0 amide bonds. The predicted octanol–water partition coefficient (Wildman–Crippen LogP) is -0.357. The van der Waals surface area contributed by atoms with E-state index in [1.807, 2.05) is 0 Å². The highest BCUT2D eigenvalue weighted by Crippen LogP contribution is 2.21. The van der Waals surface area contributed by atoms with Crippen LogP contribution in [0.4, 0.5) is 0 Å². The summed E-state index contributed by atoms with van der Waals surface area (Å²) in [5, 5.41) is 3.06. The molecule has 0 radical (unpaired) electrons. The first kappa shape index (κ1) is 10.9. The van der Waals surface area contributed by atoms with Gasteiger partial charge < -0.3 is 10.1 Å². The van der Waals surface area contributed by atoms with Gasteiger partial charge in [0.05, 0.1) is 17.9 Å². The first-order valence-electron chi connectivity index (χ1n) is 4.17. The molecule has 0 aromatic carbocycles. The van der Waals surface area contributed by atoms with E-state index in [9.17, 15) is 8.42 Å². The SMILES string of the molecule is COCC1(CS(=O)(=O)O)CCCN1. The van der Waals surface area contributed by atoms with E-state index < -0.39 is 15.7 Å². The van der Waals surface area contributed by atoms with Crippen molar-refractivity contribution in [2.75, 3.05) is 26.0 Å². The molecule has 78 valence electrons. The molecule has 1 aliphatic heterocycles. The van der Waals surface area contributed by atoms with Crippen molar-refractivity contribution in [2.45, 2.75) is 18.4 Å². The Bertz CT molecular complexity index is 256. The molecule has 1 rings (SSSR count). The second-order valence-electron chi connectivity index (χ2n) is 3.47. The topological polar surface area (TPSA) is 75.6 Å². The van der Waals surface area contributed by atoms with Crippen molar-refractivity contribution >= 4 is 10.1 Å². The third-order valence-corrected chi connectivity index (χ3v) is 3.13. The maximum atomic E-state index is 10.7. The molecule has 5 nitrogen and oxygen atoms in total. The maximum Gasteiger partial charge on any atom is 0.266 e. The van der Waals surface area contributed by atoms with E-state index in [0.717, 1.165) is 19.4 Å². The van der Waals surface area contributed by atoms with Crippen molar-refractivity contribution in [3.8, 4) is 0 Å². The van der Waals surface area contributed by atoms with Gasteiger partial charge in [-0.1, -0.05) is 0 Å². The molecule has 1 aliphatic rings. The minimum atomic E-state index is -3.93. The molecule has 0 bridgehead atoms. The largest absolute Gasteiger partial charge is 0.383 e. The number of hydrogen-bond acceptors (Lipinski definition) is 4. The maximum absolute atomic E-state index is 10.7. The summed E-state index contributed by atoms with van der Waals surface area (Å²) in [4.78, 5) is 0. The fourth-order valence-corrected chi connectivity index (χ4v) is 2.81. The van der Waals surface area contributed by atoms with Crippen molar-refractivity contribution in [3.63, 3.8) is 0 Å². The lowest BCUT2D eigenvalue weighted by Gasteiger charge is -2.26. The molecular weight excluding hydrogens is 194 g/mol. The average molecular weight is 209 g/mol. The first-order chi connectivity index (χ1) is 5.97. The van der Waals surface area contributed by atoms with E-state index in [2.05, 4.69) is 5.32 Å². The van der Waals surface area contributed by atoms with E-state index in [1.54, 1.807) is 0 Å². The molecule has 1 saturated heterocycles. The van der Waals surface area contributed by atoms with Crippen LogP contribution in [-0.2, 0) is 14.9 Å². The summed E-state index contributed by atoms with van der Waals surface area (Å²) in [6, 6.07) is 0. The Morgan fingerprint density at radius 3 is 2.69 bits per heavy atom. The highest BCUT2D eigenvalue weighted by atomic mass is 32.2. The van der Waals surface area contributed by atoms with Gasteiger partial charge in [-0.15, -0.1) is 0 Å². The van der Waals surface area contributed by atoms with Crippen LogP contribution in [0.5, 0.6) is 0 Å². The van der Waals surface area contributed by atoms with Crippen LogP contribution in [0.2, 0.25) is 0 Å². The van der Waals surface area contributed by atoms with Gasteiger partial charge in [0.15, 0.2) is 0 Å². The van der Waals surface area contributed by atoms with E-state index in [-0.39, 0.29) is 5.75 Å². The Labute approximate surface area is 78.2 Å². The molecule has 13 heavy (non-hydrogen) atoms. The average Bonchev–Trinajstić information content (AvgIpc) is 2.33. The van der Waals surface area contributed by atoms with Gasteiger partial charge in [0, 0.05) is 7.11 Å². The lowest BCUT2D eigenvalue weighted by atomic mass is 10.0. The molecule has 0 spiro atoms. The summed E-state index contributed by atoms with van der Waals surface area (Å²) in [6.45, 7) is 1.09. The third kappa shape index (κ3) is 3.22. The van der Waals surface area contributed by atoms with Crippen LogP contribution in [-0.4, -0.2) is 44.5 Å². The number of nitrogens with one attached hydrogen (secondary N) is 1. The molecule has 1 unspecified atom stereocenters. The Balaban J connectivity index is 2.67. The summed E-state index contributed by atoms with van der Waals surface area (Å²) in [6.07, 6.45) is 1.64. The van der Waals surface area contributed by atoms with Crippen LogP contribution in [0.3, 0.4) is 0 Å². The lowest BCUT2D eigenvalue weighted by Crippen LogP contribution is -2.49. The van der Waals surface area contributed by atoms with Crippen molar-refractivity contribution in [1.29, 1.82) is 0 Å². The second kappa shape index (κ2) is 3.91. The zero-order chi connectivity index (χ0) is 9.95. The number of rotatable bonds is 4. The lowest BCUT2D eigenvalue weighted by molar-refractivity contribution is 0.130. The second-order valence-corrected chi connectivity index (χ2v) is 4.92. The monoisotopic (exact) mass is 209 g/mol. The van der Waals surface area contributed by atoms with Crippen molar-refractivity contribution in [3.05, 3.63) is 0 Å². The van der Waals surface area contributed by atoms with Gasteiger partial charge in [-0.05, 0) is 19.4 Å². The summed E-state index contributed by atoms with van der Waals surface area (Å²) >= 11 is 0. The van der Waals surface area contributed by atoms with Crippen LogP contribution in [0.25, 0.3) is 0 Å². The van der Waals surface area contributed by atoms with Crippen molar-refractivity contribution in [1.82, 2.24) is 5.32 Å². The minimum absolute atomic E-state index is 0.270. The zero-order valence-corrected chi connectivity index (χ0v) is 8.43. The Morgan fingerprint density at radius 1 is 1.62 bits per heavy atom. The number of ether oxygens (including phenoxy) is 1. The smallest absolute Gasteiger partial charge is 0.266 e. The molecule has 0 aliphatic carbocycles. The van der Waals surface area contributed by atoms with Crippen LogP contribution < -0.4 is 5.32 Å². The van der Waals surface area contributed by atoms with Crippen LogP contribution in [0.15, 0.2) is 0 Å². The standard InChI is InChI=1S/C7H15NO4S/c1-12-5-7(3-2-4-8-7)6-13(9,10)11/h8H,2-6H2,1H3,(H,9,10,11). The van der Waals surface area contributed by atoms with E-state index in [4.69, 9.17) is 9.29 Å². The molecule has 0 aromatic rings. The Kier molecular flexibility index (Phi) is 3.28. The van der Waals surface area contributed by atoms with Crippen LogP contribution in [0, 0.1) is 0 Å². The quantitative estimate of drug-likeness (QED) is 0.619. The van der Waals surface area contributed by atoms with Gasteiger partial charge in [-0.2, -0.15) is 8.42 Å². The number of methoxy groups -OCH3 is 1. The van der Waals surface area contributed by atoms with Gasteiger partial charge in [-0.25, -0.2) is 0 Å². The highest BCUT2D eigenvalue weighted by Gasteiger charge is 2.37. The molecule has 0 saturated carbocycles. The predicted molar refractivity (Wildman–Crippen MR) is 48.3 cm³/mol. The summed E-state index contributed by atoms with van der Waals surface area (Å²) < 4.78 is 35.1. The van der Waals surface area contributed by atoms with Crippen LogP contribution >= 0.6 is 0 Å². The van der Waals surface area contributed by atoms with Gasteiger partial charge in [0.1, 0.15) is 0 Å². The fraction of sp³-hybridized carbons (Fsp3) is 1.00. The molecular formula is C7H15NO4S. The fourth-order valence-electron chi connectivity index (χ4n) is 1.78. The van der Waals surface area contributed by atoms with Gasteiger partial charge in [-0.3, -0.25) is 4.55 Å². The van der Waals surface area contributed by atoms with E-state index >= 15 is 0 Å². The summed E-state index contributed by atoms with van der Waals surface area (Å²) in [5.74, 6) is -0.270. The molecule has 6 heteroatoms. The highest BCUT2D eigenvalue weighted by molar-refractivity contribution is 7.85. The van der Waals surface area contributed by atoms with Crippen molar-refractivity contribution < 1.29 is 17.7 Å². The number of hydrogen-bond donors (Lipinski definition) is 2. The van der Waals surface area contributed by atoms with Gasteiger partial charge >= 0.3 is 0 Å². The molecule has 1 heterocycles. The van der Waals surface area contributed by atoms with Crippen LogP contribution in [0.1, 0.15) is 12.8 Å². The minimum Gasteiger partial charge on any atom is -0.383 e. The molecule has 1 atom stereocenters. The molecule has 1 fully saturated rings. The first-order valence-corrected chi connectivity index (χ1v) is 5.77. The Hall–Kier alpha value is -0.170. The molecule has 2 N–H and O–H groups in total. The summed E-state index contributed by atoms with van der Waals surface area (Å²) in [7, 11) is -2.41. The van der Waals surface area contributed by atoms with E-state index in [0.29, 0.717) is 6.61 Å².